The van der Waals surface area contributed by atoms with Crippen molar-refractivity contribution in [3.63, 3.8) is 0 Å². The van der Waals surface area contributed by atoms with Crippen molar-refractivity contribution in [2.24, 2.45) is 0 Å². The molecule has 0 spiro atoms. The van der Waals surface area contributed by atoms with Crippen LogP contribution in [-0.4, -0.2) is 77.2 Å². The summed E-state index contributed by atoms with van der Waals surface area (Å²) in [5.74, 6) is 0.0247. The van der Waals surface area contributed by atoms with E-state index in [2.05, 4.69) is 0 Å². The summed E-state index contributed by atoms with van der Waals surface area (Å²) in [5.41, 5.74) is 0.450. The molecule has 2 aromatic carbocycles. The number of rotatable bonds is 5. The van der Waals surface area contributed by atoms with Gasteiger partial charge in [0.25, 0.3) is 0 Å². The summed E-state index contributed by atoms with van der Waals surface area (Å²) in [7, 11) is 2.94. The molecule has 4 N–H and O–H groups in total. The predicted molar refractivity (Wildman–Crippen MR) is 113 cm³/mol. The van der Waals surface area contributed by atoms with E-state index in [0.29, 0.717) is 17.1 Å². The summed E-state index contributed by atoms with van der Waals surface area (Å²) in [6.07, 6.45) is -9.12. The molecule has 10 nitrogen and oxygen atoms in total. The fourth-order valence-corrected chi connectivity index (χ4v) is 3.95. The Labute approximate surface area is 189 Å². The van der Waals surface area contributed by atoms with Gasteiger partial charge in [0.15, 0.2) is 18.5 Å². The van der Waals surface area contributed by atoms with Crippen LogP contribution in [0.25, 0.3) is 0 Å². The SMILES string of the molecule is COc1ccc([C@H]2Oc3cc(OC)cc(O)c3C(=O)[C@@H]2O[C@@H]2O[C@@H](C)[C@H](O)[C@H](O)[C@@H]2O)cc1. The van der Waals surface area contributed by atoms with Crippen molar-refractivity contribution in [1.82, 2.24) is 0 Å². The van der Waals surface area contributed by atoms with Gasteiger partial charge in [-0.05, 0) is 24.6 Å². The summed E-state index contributed by atoms with van der Waals surface area (Å²) in [4.78, 5) is 13.5. The maximum Gasteiger partial charge on any atom is 0.203 e. The first-order chi connectivity index (χ1) is 15.7. The number of hydrogen-bond acceptors (Lipinski definition) is 10. The van der Waals surface area contributed by atoms with Crippen molar-refractivity contribution in [2.75, 3.05) is 14.2 Å². The first-order valence-corrected chi connectivity index (χ1v) is 10.4. The molecule has 0 amide bonds. The molecule has 2 heterocycles. The van der Waals surface area contributed by atoms with E-state index in [1.54, 1.807) is 24.3 Å². The maximum absolute atomic E-state index is 13.5. The number of fused-ring (bicyclic) bond motifs is 1. The van der Waals surface area contributed by atoms with Crippen LogP contribution in [0, 0.1) is 0 Å². The van der Waals surface area contributed by atoms with Crippen molar-refractivity contribution < 1.29 is 48.9 Å². The number of benzene rings is 2. The Morgan fingerprint density at radius 2 is 1.58 bits per heavy atom. The van der Waals surface area contributed by atoms with Crippen LogP contribution < -0.4 is 14.2 Å². The van der Waals surface area contributed by atoms with E-state index in [-0.39, 0.29) is 17.1 Å². The summed E-state index contributed by atoms with van der Waals surface area (Å²) >= 11 is 0. The quantitative estimate of drug-likeness (QED) is 0.507. The Bertz CT molecular complexity index is 1010. The molecule has 1 fully saturated rings. The van der Waals surface area contributed by atoms with Crippen LogP contribution >= 0.6 is 0 Å². The first kappa shape index (κ1) is 23.3. The molecule has 178 valence electrons. The first-order valence-electron chi connectivity index (χ1n) is 10.4. The van der Waals surface area contributed by atoms with Crippen molar-refractivity contribution >= 4 is 5.78 Å². The monoisotopic (exact) mass is 462 g/mol. The van der Waals surface area contributed by atoms with Crippen LogP contribution in [0.15, 0.2) is 36.4 Å². The lowest BCUT2D eigenvalue weighted by Crippen LogP contribution is -2.59. The number of ketones is 1. The molecular formula is C23H26O10. The van der Waals surface area contributed by atoms with Crippen LogP contribution in [0.2, 0.25) is 0 Å². The number of Topliss-reactive ketones (excluding diaryl/α,β-unsaturated/α-hetero) is 1. The minimum Gasteiger partial charge on any atom is -0.507 e. The standard InChI is InChI=1S/C23H26O10/c1-10-17(25)19(27)20(28)23(31-10)33-22-18(26)16-14(24)8-13(30-3)9-15(16)32-21(22)11-4-6-12(29-2)7-5-11/h4-10,17,19-25,27-28H,1-3H3/t10-,17-,19-,20-,21+,22-,23-/m0/s1. The normalized spacial score (nSPS) is 31.5. The van der Waals surface area contributed by atoms with Gasteiger partial charge in [0.1, 0.15) is 46.9 Å². The summed E-state index contributed by atoms with van der Waals surface area (Å²) in [6, 6.07) is 9.52. The molecule has 2 aromatic rings. The van der Waals surface area contributed by atoms with E-state index in [9.17, 15) is 25.2 Å². The average Bonchev–Trinajstić information content (AvgIpc) is 2.82. The lowest BCUT2D eigenvalue weighted by Gasteiger charge is -2.42. The fraction of sp³-hybridized carbons (Fsp3) is 0.435. The second kappa shape index (κ2) is 9.16. The summed E-state index contributed by atoms with van der Waals surface area (Å²) in [5, 5.41) is 40.9. The highest BCUT2D eigenvalue weighted by Gasteiger charge is 2.48. The Morgan fingerprint density at radius 3 is 2.21 bits per heavy atom. The molecular weight excluding hydrogens is 436 g/mol. The number of ether oxygens (including phenoxy) is 5. The number of carbonyl (C=O) groups is 1. The van der Waals surface area contributed by atoms with Gasteiger partial charge >= 0.3 is 0 Å². The molecule has 33 heavy (non-hydrogen) atoms. The zero-order chi connectivity index (χ0) is 23.9. The van der Waals surface area contributed by atoms with Crippen molar-refractivity contribution in [1.29, 1.82) is 0 Å². The van der Waals surface area contributed by atoms with Gasteiger partial charge in [-0.3, -0.25) is 4.79 Å². The van der Waals surface area contributed by atoms with E-state index < -0.39 is 48.7 Å². The molecule has 4 rings (SSSR count). The highest BCUT2D eigenvalue weighted by atomic mass is 16.7. The molecule has 0 saturated carbocycles. The number of aliphatic hydroxyl groups excluding tert-OH is 3. The minimum atomic E-state index is -1.62. The Balaban J connectivity index is 1.73. The second-order valence-electron chi connectivity index (χ2n) is 7.93. The minimum absolute atomic E-state index is 0.103. The Morgan fingerprint density at radius 1 is 0.909 bits per heavy atom. The number of carbonyl (C=O) groups excluding carboxylic acids is 1. The van der Waals surface area contributed by atoms with Gasteiger partial charge in [-0.2, -0.15) is 0 Å². The van der Waals surface area contributed by atoms with Gasteiger partial charge in [-0.1, -0.05) is 12.1 Å². The summed E-state index contributed by atoms with van der Waals surface area (Å²) in [6.45, 7) is 1.50. The molecule has 1 saturated heterocycles. The molecule has 2 aliphatic heterocycles. The van der Waals surface area contributed by atoms with Crippen LogP contribution in [0.3, 0.4) is 0 Å². The Hall–Kier alpha value is -2.89. The number of aliphatic hydroxyl groups is 3. The van der Waals surface area contributed by atoms with Gasteiger partial charge in [-0.25, -0.2) is 0 Å². The topological polar surface area (TPSA) is 144 Å². The largest absolute Gasteiger partial charge is 0.507 e. The van der Waals surface area contributed by atoms with E-state index in [1.807, 2.05) is 0 Å². The van der Waals surface area contributed by atoms with Crippen molar-refractivity contribution in [3.05, 3.63) is 47.5 Å². The smallest absolute Gasteiger partial charge is 0.203 e. The third-order valence-electron chi connectivity index (χ3n) is 5.86. The van der Waals surface area contributed by atoms with Crippen molar-refractivity contribution in [3.8, 4) is 23.0 Å². The zero-order valence-electron chi connectivity index (χ0n) is 18.2. The number of phenolic OH excluding ortho intramolecular Hbond substituents is 1. The fourth-order valence-electron chi connectivity index (χ4n) is 3.95. The Kier molecular flexibility index (Phi) is 6.46. The molecule has 0 radical (unpaired) electrons. The average molecular weight is 462 g/mol. The van der Waals surface area contributed by atoms with E-state index in [4.69, 9.17) is 23.7 Å². The maximum atomic E-state index is 13.5. The summed E-state index contributed by atoms with van der Waals surface area (Å²) < 4.78 is 27.8. The van der Waals surface area contributed by atoms with E-state index >= 15 is 0 Å². The van der Waals surface area contributed by atoms with Gasteiger partial charge in [-0.15, -0.1) is 0 Å². The zero-order valence-corrected chi connectivity index (χ0v) is 18.2. The molecule has 0 bridgehead atoms. The lowest BCUT2D eigenvalue weighted by atomic mass is 9.92. The molecule has 2 aliphatic rings. The third-order valence-corrected chi connectivity index (χ3v) is 5.86. The molecule has 10 heteroatoms. The number of aromatic hydroxyl groups is 1. The van der Waals surface area contributed by atoms with Gasteiger partial charge in [0.05, 0.1) is 20.3 Å². The number of hydrogen-bond donors (Lipinski definition) is 4. The van der Waals surface area contributed by atoms with Gasteiger partial charge in [0, 0.05) is 12.1 Å². The van der Waals surface area contributed by atoms with E-state index in [1.165, 1.54) is 33.3 Å². The molecule has 0 aliphatic carbocycles. The molecule has 0 aromatic heterocycles. The molecule has 7 atom stereocenters. The van der Waals surface area contributed by atoms with E-state index in [0.717, 1.165) is 0 Å². The second-order valence-corrected chi connectivity index (χ2v) is 7.93. The van der Waals surface area contributed by atoms with Crippen LogP contribution in [-0.2, 0) is 9.47 Å². The van der Waals surface area contributed by atoms with Gasteiger partial charge < -0.3 is 44.1 Å². The van der Waals surface area contributed by atoms with Crippen molar-refractivity contribution in [2.45, 2.75) is 49.8 Å². The van der Waals surface area contributed by atoms with Crippen LogP contribution in [0.4, 0.5) is 0 Å². The number of methoxy groups -OCH3 is 2. The highest BCUT2D eigenvalue weighted by Crippen LogP contribution is 2.44. The third kappa shape index (κ3) is 4.23. The highest BCUT2D eigenvalue weighted by molar-refractivity contribution is 6.05. The van der Waals surface area contributed by atoms with Gasteiger partial charge in [0.2, 0.25) is 5.78 Å². The predicted octanol–water partition coefficient (Wildman–Crippen LogP) is 0.938. The lowest BCUT2D eigenvalue weighted by molar-refractivity contribution is -0.304. The van der Waals surface area contributed by atoms with Crippen LogP contribution in [0.1, 0.15) is 28.9 Å². The van der Waals surface area contributed by atoms with Crippen LogP contribution in [0.5, 0.6) is 23.0 Å². The number of phenols is 1. The molecule has 0 unspecified atom stereocenters.